The molecule has 1 amide bonds. The van der Waals surface area contributed by atoms with Crippen LogP contribution >= 0.6 is 0 Å². The quantitative estimate of drug-likeness (QED) is 0.742. The van der Waals surface area contributed by atoms with Gasteiger partial charge >= 0.3 is 5.76 Å². The summed E-state index contributed by atoms with van der Waals surface area (Å²) in [6, 6.07) is 6.87. The lowest BCUT2D eigenvalue weighted by molar-refractivity contribution is -0.116. The Hall–Kier alpha value is -3.49. The van der Waals surface area contributed by atoms with Crippen LogP contribution in [0.15, 0.2) is 52.2 Å². The summed E-state index contributed by atoms with van der Waals surface area (Å²) in [7, 11) is 1.53. The van der Waals surface area contributed by atoms with Crippen LogP contribution in [0.5, 0.6) is 5.75 Å². The Morgan fingerprint density at radius 3 is 3.00 bits per heavy atom. The van der Waals surface area contributed by atoms with Crippen molar-refractivity contribution in [3.05, 3.63) is 53.4 Å². The molecule has 0 spiro atoms. The molecule has 0 aliphatic rings. The molecule has 24 heavy (non-hydrogen) atoms. The number of nitrogens with zero attached hydrogens (tertiary/aromatic N) is 4. The fraction of sp³-hybridized carbons (Fsp3) is 0.133. The number of ether oxygens (including phenoxy) is 1. The van der Waals surface area contributed by atoms with Crippen LogP contribution in [-0.2, 0) is 11.3 Å². The molecule has 0 unspecified atom stereocenters. The van der Waals surface area contributed by atoms with Gasteiger partial charge in [-0.05, 0) is 12.1 Å². The smallest absolute Gasteiger partial charge is 0.442 e. The van der Waals surface area contributed by atoms with Crippen molar-refractivity contribution in [3.63, 3.8) is 0 Å². The summed E-state index contributed by atoms with van der Waals surface area (Å²) in [6.07, 6.45) is 4.37. The second-order valence-corrected chi connectivity index (χ2v) is 4.73. The van der Waals surface area contributed by atoms with Gasteiger partial charge in [-0.3, -0.25) is 14.3 Å². The molecule has 0 fully saturated rings. The third-order valence-electron chi connectivity index (χ3n) is 3.13. The fourth-order valence-electron chi connectivity index (χ4n) is 2.05. The highest BCUT2D eigenvalue weighted by Crippen LogP contribution is 2.17. The maximum Gasteiger partial charge on any atom is 0.442 e. The summed E-state index contributed by atoms with van der Waals surface area (Å²) in [4.78, 5) is 31.9. The average Bonchev–Trinajstić information content (AvgIpc) is 2.96. The number of methoxy groups -OCH3 is 1. The van der Waals surface area contributed by atoms with Gasteiger partial charge in [-0.15, -0.1) is 0 Å². The third-order valence-corrected chi connectivity index (χ3v) is 3.13. The van der Waals surface area contributed by atoms with Crippen LogP contribution in [0.2, 0.25) is 0 Å². The van der Waals surface area contributed by atoms with E-state index in [-0.39, 0.29) is 12.4 Å². The SMILES string of the molecule is COc1cccc(NC(=O)Cn2c(-c3cnccn3)noc2=O)c1. The molecule has 0 bridgehead atoms. The van der Waals surface area contributed by atoms with Crippen molar-refractivity contribution in [3.8, 4) is 17.3 Å². The molecule has 0 radical (unpaired) electrons. The monoisotopic (exact) mass is 327 g/mol. The lowest BCUT2D eigenvalue weighted by Crippen LogP contribution is -2.25. The summed E-state index contributed by atoms with van der Waals surface area (Å²) in [5, 5.41) is 6.32. The normalized spacial score (nSPS) is 10.4. The first-order valence-corrected chi connectivity index (χ1v) is 6.94. The largest absolute Gasteiger partial charge is 0.497 e. The molecule has 2 aromatic heterocycles. The molecule has 9 heteroatoms. The molecule has 0 saturated heterocycles. The van der Waals surface area contributed by atoms with E-state index < -0.39 is 11.7 Å². The number of benzene rings is 1. The van der Waals surface area contributed by atoms with E-state index >= 15 is 0 Å². The van der Waals surface area contributed by atoms with Crippen molar-refractivity contribution in [2.75, 3.05) is 12.4 Å². The summed E-state index contributed by atoms with van der Waals surface area (Å²) < 4.78 is 10.8. The zero-order valence-corrected chi connectivity index (χ0v) is 12.7. The van der Waals surface area contributed by atoms with E-state index in [1.54, 1.807) is 24.3 Å². The Labute approximate surface area is 135 Å². The van der Waals surface area contributed by atoms with E-state index in [9.17, 15) is 9.59 Å². The van der Waals surface area contributed by atoms with Crippen LogP contribution in [0, 0.1) is 0 Å². The number of anilines is 1. The molecular weight excluding hydrogens is 314 g/mol. The maximum atomic E-state index is 12.2. The van der Waals surface area contributed by atoms with E-state index in [0.717, 1.165) is 4.57 Å². The van der Waals surface area contributed by atoms with Gasteiger partial charge in [-0.25, -0.2) is 14.3 Å². The molecule has 0 aliphatic heterocycles. The van der Waals surface area contributed by atoms with E-state index in [2.05, 4.69) is 25.0 Å². The molecular formula is C15H13N5O4. The van der Waals surface area contributed by atoms with Crippen LogP contribution in [0.4, 0.5) is 5.69 Å². The minimum absolute atomic E-state index is 0.133. The van der Waals surface area contributed by atoms with Gasteiger partial charge in [0.1, 0.15) is 18.0 Å². The number of rotatable bonds is 5. The minimum Gasteiger partial charge on any atom is -0.497 e. The zero-order chi connectivity index (χ0) is 16.9. The average molecular weight is 327 g/mol. The van der Waals surface area contributed by atoms with Crippen LogP contribution < -0.4 is 15.8 Å². The van der Waals surface area contributed by atoms with E-state index in [4.69, 9.17) is 4.74 Å². The molecule has 122 valence electrons. The van der Waals surface area contributed by atoms with Crippen LogP contribution in [-0.4, -0.2) is 32.7 Å². The Morgan fingerprint density at radius 1 is 1.38 bits per heavy atom. The van der Waals surface area contributed by atoms with E-state index in [0.29, 0.717) is 17.1 Å². The number of hydrogen-bond acceptors (Lipinski definition) is 7. The first kappa shape index (κ1) is 15.4. The lowest BCUT2D eigenvalue weighted by Gasteiger charge is -2.07. The highest BCUT2D eigenvalue weighted by molar-refractivity contribution is 5.90. The lowest BCUT2D eigenvalue weighted by atomic mass is 10.3. The highest BCUT2D eigenvalue weighted by Gasteiger charge is 2.17. The van der Waals surface area contributed by atoms with Gasteiger partial charge in [-0.2, -0.15) is 0 Å². The van der Waals surface area contributed by atoms with Gasteiger partial charge in [0.05, 0.1) is 13.3 Å². The molecule has 3 aromatic rings. The van der Waals surface area contributed by atoms with E-state index in [1.165, 1.54) is 25.7 Å². The molecule has 0 aliphatic carbocycles. The Kier molecular flexibility index (Phi) is 4.32. The fourth-order valence-corrected chi connectivity index (χ4v) is 2.05. The van der Waals surface area contributed by atoms with Crippen molar-refractivity contribution in [1.82, 2.24) is 19.7 Å². The molecule has 1 N–H and O–H groups in total. The van der Waals surface area contributed by atoms with Crippen molar-refractivity contribution in [1.29, 1.82) is 0 Å². The molecule has 0 atom stereocenters. The first-order valence-electron chi connectivity index (χ1n) is 6.94. The predicted octanol–water partition coefficient (Wildman–Crippen LogP) is 0.941. The summed E-state index contributed by atoms with van der Waals surface area (Å²) in [6.45, 7) is -0.272. The predicted molar refractivity (Wildman–Crippen MR) is 83.4 cm³/mol. The van der Waals surface area contributed by atoms with Gasteiger partial charge in [-0.1, -0.05) is 11.2 Å². The summed E-state index contributed by atoms with van der Waals surface area (Å²) in [5.41, 5.74) is 0.877. The standard InChI is InChI=1S/C15H13N5O4/c1-23-11-4-2-3-10(7-11)18-13(21)9-20-14(19-24-15(20)22)12-8-16-5-6-17-12/h2-8H,9H2,1H3,(H,18,21). The number of carbonyl (C=O) groups is 1. The molecule has 2 heterocycles. The second kappa shape index (κ2) is 6.73. The van der Waals surface area contributed by atoms with Gasteiger partial charge in [0.15, 0.2) is 0 Å². The van der Waals surface area contributed by atoms with Crippen LogP contribution in [0.3, 0.4) is 0 Å². The maximum absolute atomic E-state index is 12.2. The summed E-state index contributed by atoms with van der Waals surface area (Å²) in [5.74, 6) is -0.431. The van der Waals surface area contributed by atoms with Gasteiger partial charge in [0, 0.05) is 24.1 Å². The Morgan fingerprint density at radius 2 is 2.25 bits per heavy atom. The van der Waals surface area contributed by atoms with Gasteiger partial charge in [0.2, 0.25) is 11.7 Å². The van der Waals surface area contributed by atoms with Gasteiger partial charge < -0.3 is 10.1 Å². The Bertz CT molecular complexity index is 903. The molecule has 3 rings (SSSR count). The highest BCUT2D eigenvalue weighted by atomic mass is 16.5. The number of amides is 1. The number of hydrogen-bond donors (Lipinski definition) is 1. The number of aromatic nitrogens is 4. The number of nitrogens with one attached hydrogen (secondary N) is 1. The van der Waals surface area contributed by atoms with Gasteiger partial charge in [0.25, 0.3) is 0 Å². The van der Waals surface area contributed by atoms with Crippen molar-refractivity contribution in [2.45, 2.75) is 6.54 Å². The zero-order valence-electron chi connectivity index (χ0n) is 12.7. The number of carbonyl (C=O) groups excluding carboxylic acids is 1. The van der Waals surface area contributed by atoms with Crippen LogP contribution in [0.25, 0.3) is 11.5 Å². The molecule has 0 saturated carbocycles. The van der Waals surface area contributed by atoms with Crippen molar-refractivity contribution >= 4 is 11.6 Å². The summed E-state index contributed by atoms with van der Waals surface area (Å²) >= 11 is 0. The first-order chi connectivity index (χ1) is 11.7. The Balaban J connectivity index is 1.80. The van der Waals surface area contributed by atoms with Crippen molar-refractivity contribution < 1.29 is 14.1 Å². The minimum atomic E-state index is -0.753. The van der Waals surface area contributed by atoms with Crippen molar-refractivity contribution in [2.24, 2.45) is 0 Å². The second-order valence-electron chi connectivity index (χ2n) is 4.73. The molecule has 1 aromatic carbocycles. The van der Waals surface area contributed by atoms with Crippen LogP contribution in [0.1, 0.15) is 0 Å². The van der Waals surface area contributed by atoms with E-state index in [1.807, 2.05) is 0 Å². The third kappa shape index (κ3) is 3.29. The topological polar surface area (TPSA) is 112 Å². The molecule has 9 nitrogen and oxygen atoms in total.